The van der Waals surface area contributed by atoms with Crippen LogP contribution in [0.2, 0.25) is 0 Å². The van der Waals surface area contributed by atoms with Gasteiger partial charge in [-0.2, -0.15) is 20.2 Å². The molecule has 6 nitrogen and oxygen atoms in total. The highest BCUT2D eigenvalue weighted by Gasteiger charge is 2.10. The zero-order valence-corrected chi connectivity index (χ0v) is 11.0. The highest BCUT2D eigenvalue weighted by atomic mass is 19.1. The number of anilines is 1. The quantitative estimate of drug-likeness (QED) is 0.917. The van der Waals surface area contributed by atoms with Gasteiger partial charge >= 0.3 is 6.01 Å². The molecule has 7 heteroatoms. The number of rotatable bonds is 4. The lowest BCUT2D eigenvalue weighted by Gasteiger charge is -2.07. The van der Waals surface area contributed by atoms with E-state index < -0.39 is 5.82 Å². The Kier molecular flexibility index (Phi) is 4.05. The first-order valence-electron chi connectivity index (χ1n) is 5.91. The minimum Gasteiger partial charge on any atom is -0.467 e. The van der Waals surface area contributed by atoms with E-state index in [0.717, 1.165) is 6.07 Å². The van der Waals surface area contributed by atoms with Crippen molar-refractivity contribution in [2.24, 2.45) is 0 Å². The van der Waals surface area contributed by atoms with E-state index in [2.05, 4.69) is 20.3 Å². The highest BCUT2D eigenvalue weighted by molar-refractivity contribution is 5.59. The van der Waals surface area contributed by atoms with Crippen LogP contribution in [0.3, 0.4) is 0 Å². The van der Waals surface area contributed by atoms with Crippen molar-refractivity contribution in [3.8, 4) is 23.5 Å². The van der Waals surface area contributed by atoms with Gasteiger partial charge in [0.1, 0.15) is 5.82 Å². The molecule has 0 saturated heterocycles. The number of aromatic nitrogens is 3. The maximum Gasteiger partial charge on any atom is 0.321 e. The fourth-order valence-electron chi connectivity index (χ4n) is 1.60. The maximum atomic E-state index is 13.5. The van der Waals surface area contributed by atoms with Crippen molar-refractivity contribution in [2.45, 2.75) is 6.92 Å². The van der Waals surface area contributed by atoms with E-state index in [-0.39, 0.29) is 17.4 Å². The lowest BCUT2D eigenvalue weighted by molar-refractivity contribution is 0.379. The number of nitrogens with zero attached hydrogens (tertiary/aromatic N) is 4. The van der Waals surface area contributed by atoms with Crippen molar-refractivity contribution in [1.82, 2.24) is 15.0 Å². The molecule has 0 aliphatic rings. The molecule has 0 aliphatic heterocycles. The number of halogens is 1. The molecule has 2 aromatic rings. The minimum atomic E-state index is -0.525. The number of hydrogen-bond donors (Lipinski definition) is 1. The number of hydrogen-bond acceptors (Lipinski definition) is 6. The Morgan fingerprint density at radius 3 is 2.75 bits per heavy atom. The predicted octanol–water partition coefficient (Wildman–Crippen LogP) is 1.99. The van der Waals surface area contributed by atoms with Crippen molar-refractivity contribution in [1.29, 1.82) is 5.26 Å². The molecule has 0 unspecified atom stereocenters. The van der Waals surface area contributed by atoms with Crippen molar-refractivity contribution < 1.29 is 9.13 Å². The van der Waals surface area contributed by atoms with E-state index in [9.17, 15) is 4.39 Å². The van der Waals surface area contributed by atoms with E-state index in [1.54, 1.807) is 0 Å². The fraction of sp³-hybridized carbons (Fsp3) is 0.231. The molecule has 1 N–H and O–H groups in total. The summed E-state index contributed by atoms with van der Waals surface area (Å²) in [4.78, 5) is 12.2. The largest absolute Gasteiger partial charge is 0.467 e. The zero-order valence-electron chi connectivity index (χ0n) is 11.0. The average Bonchev–Trinajstić information content (AvgIpc) is 2.46. The Balaban J connectivity index is 2.54. The Morgan fingerprint density at radius 1 is 1.30 bits per heavy atom. The molecule has 0 saturated carbocycles. The molecule has 0 radical (unpaired) electrons. The Labute approximate surface area is 115 Å². The summed E-state index contributed by atoms with van der Waals surface area (Å²) in [5.41, 5.74) is 0.589. The van der Waals surface area contributed by atoms with Gasteiger partial charge < -0.3 is 10.1 Å². The van der Waals surface area contributed by atoms with Gasteiger partial charge in [-0.3, -0.25) is 0 Å². The van der Waals surface area contributed by atoms with Crippen LogP contribution in [0.1, 0.15) is 12.5 Å². The molecule has 1 aromatic heterocycles. The summed E-state index contributed by atoms with van der Waals surface area (Å²) in [5.74, 6) is 0.0457. The van der Waals surface area contributed by atoms with Gasteiger partial charge in [0.05, 0.1) is 18.7 Å². The lowest BCUT2D eigenvalue weighted by atomic mass is 10.1. The first-order valence-corrected chi connectivity index (χ1v) is 5.91. The SMILES string of the molecule is CCNc1nc(OC)nc(-c2cc(F)cc(C#N)c2)n1. The molecule has 0 fully saturated rings. The van der Waals surface area contributed by atoms with Gasteiger partial charge in [0.25, 0.3) is 0 Å². The highest BCUT2D eigenvalue weighted by Crippen LogP contribution is 2.21. The van der Waals surface area contributed by atoms with Crippen LogP contribution >= 0.6 is 0 Å². The van der Waals surface area contributed by atoms with Crippen LogP contribution < -0.4 is 10.1 Å². The summed E-state index contributed by atoms with van der Waals surface area (Å²) in [5, 5.41) is 11.8. The molecule has 0 aliphatic carbocycles. The molecule has 0 bridgehead atoms. The summed E-state index contributed by atoms with van der Waals surface area (Å²) in [6, 6.07) is 5.92. The Bertz CT molecular complexity index is 668. The first-order chi connectivity index (χ1) is 9.66. The fourth-order valence-corrected chi connectivity index (χ4v) is 1.60. The molecule has 2 rings (SSSR count). The van der Waals surface area contributed by atoms with Crippen LogP contribution in [0.5, 0.6) is 6.01 Å². The van der Waals surface area contributed by atoms with Crippen molar-refractivity contribution >= 4 is 5.95 Å². The molecule has 102 valence electrons. The number of benzene rings is 1. The van der Waals surface area contributed by atoms with Gasteiger partial charge in [0, 0.05) is 12.1 Å². The third-order valence-corrected chi connectivity index (χ3v) is 2.42. The Hall–Kier alpha value is -2.75. The first kappa shape index (κ1) is 13.7. The monoisotopic (exact) mass is 273 g/mol. The second kappa shape index (κ2) is 5.93. The molecule has 1 aromatic carbocycles. The van der Waals surface area contributed by atoms with Crippen LogP contribution in [-0.4, -0.2) is 28.6 Å². The molecule has 0 amide bonds. The van der Waals surface area contributed by atoms with E-state index in [1.807, 2.05) is 13.0 Å². The van der Waals surface area contributed by atoms with E-state index in [1.165, 1.54) is 19.2 Å². The molecule has 1 heterocycles. The van der Waals surface area contributed by atoms with Gasteiger partial charge in [-0.15, -0.1) is 0 Å². The zero-order chi connectivity index (χ0) is 14.5. The van der Waals surface area contributed by atoms with Gasteiger partial charge in [-0.25, -0.2) is 4.39 Å². The number of ether oxygens (including phenoxy) is 1. The third kappa shape index (κ3) is 2.98. The molecular formula is C13H12FN5O. The van der Waals surface area contributed by atoms with Gasteiger partial charge in [0.2, 0.25) is 5.95 Å². The normalized spacial score (nSPS) is 9.90. The van der Waals surface area contributed by atoms with Crippen LogP contribution in [-0.2, 0) is 0 Å². The minimum absolute atomic E-state index is 0.119. The molecule has 20 heavy (non-hydrogen) atoms. The summed E-state index contributed by atoms with van der Waals surface area (Å²) in [7, 11) is 1.43. The lowest BCUT2D eigenvalue weighted by Crippen LogP contribution is -2.06. The second-order valence-electron chi connectivity index (χ2n) is 3.84. The number of methoxy groups -OCH3 is 1. The molecule has 0 atom stereocenters. The summed E-state index contributed by atoms with van der Waals surface area (Å²) >= 11 is 0. The Morgan fingerprint density at radius 2 is 2.10 bits per heavy atom. The van der Waals surface area contributed by atoms with Gasteiger partial charge in [-0.1, -0.05) is 0 Å². The van der Waals surface area contributed by atoms with Crippen LogP contribution in [0.4, 0.5) is 10.3 Å². The van der Waals surface area contributed by atoms with Crippen LogP contribution in [0.25, 0.3) is 11.4 Å². The average molecular weight is 273 g/mol. The summed E-state index contributed by atoms with van der Waals surface area (Å²) in [6.07, 6.45) is 0. The van der Waals surface area contributed by atoms with E-state index in [4.69, 9.17) is 10.00 Å². The molecule has 0 spiro atoms. The van der Waals surface area contributed by atoms with Crippen molar-refractivity contribution in [3.05, 3.63) is 29.6 Å². The van der Waals surface area contributed by atoms with E-state index in [0.29, 0.717) is 18.1 Å². The standard InChI is InChI=1S/C13H12FN5O/c1-3-16-12-17-11(18-13(19-12)20-2)9-4-8(7-15)5-10(14)6-9/h4-6H,3H2,1-2H3,(H,16,17,18,19). The smallest absolute Gasteiger partial charge is 0.321 e. The summed E-state index contributed by atoms with van der Waals surface area (Å²) in [6.45, 7) is 2.52. The van der Waals surface area contributed by atoms with Crippen LogP contribution in [0, 0.1) is 17.1 Å². The van der Waals surface area contributed by atoms with Crippen molar-refractivity contribution in [2.75, 3.05) is 19.0 Å². The third-order valence-electron chi connectivity index (χ3n) is 2.42. The predicted molar refractivity (Wildman–Crippen MR) is 70.7 cm³/mol. The van der Waals surface area contributed by atoms with Crippen molar-refractivity contribution in [3.63, 3.8) is 0 Å². The molecular weight excluding hydrogens is 261 g/mol. The van der Waals surface area contributed by atoms with E-state index >= 15 is 0 Å². The van der Waals surface area contributed by atoms with Crippen LogP contribution in [0.15, 0.2) is 18.2 Å². The summed E-state index contributed by atoms with van der Waals surface area (Å²) < 4.78 is 18.5. The second-order valence-corrected chi connectivity index (χ2v) is 3.84. The van der Waals surface area contributed by atoms with Gasteiger partial charge in [0.15, 0.2) is 5.82 Å². The topological polar surface area (TPSA) is 83.7 Å². The van der Waals surface area contributed by atoms with Gasteiger partial charge in [-0.05, 0) is 25.1 Å². The number of nitrogens with one attached hydrogen (secondary N) is 1. The maximum absolute atomic E-state index is 13.5. The number of nitriles is 1.